The Labute approximate surface area is 77.2 Å². The molecular formula is C10H12N2O. The molecule has 3 nitrogen and oxygen atoms in total. The zero-order valence-corrected chi connectivity index (χ0v) is 7.44. The predicted octanol–water partition coefficient (Wildman–Crippen LogP) is 1.75. The van der Waals surface area contributed by atoms with Gasteiger partial charge in [0.15, 0.2) is 5.84 Å². The minimum absolute atomic E-state index is 0.100. The molecule has 0 aromatic heterocycles. The van der Waals surface area contributed by atoms with E-state index in [4.69, 9.17) is 10.9 Å². The molecule has 0 saturated carbocycles. The van der Waals surface area contributed by atoms with Crippen molar-refractivity contribution in [3.8, 4) is 0 Å². The summed E-state index contributed by atoms with van der Waals surface area (Å²) in [6, 6.07) is 7.89. The van der Waals surface area contributed by atoms with Crippen LogP contribution >= 0.6 is 0 Å². The van der Waals surface area contributed by atoms with Gasteiger partial charge in [0.2, 0.25) is 0 Å². The highest BCUT2D eigenvalue weighted by molar-refractivity contribution is 5.94. The molecule has 13 heavy (non-hydrogen) atoms. The van der Waals surface area contributed by atoms with Crippen molar-refractivity contribution in [2.24, 2.45) is 10.9 Å². The summed E-state index contributed by atoms with van der Waals surface area (Å²) in [5, 5.41) is 11.1. The fourth-order valence-corrected chi connectivity index (χ4v) is 0.982. The fraction of sp³-hybridized carbons (Fsp3) is 0.100. The van der Waals surface area contributed by atoms with E-state index in [0.717, 1.165) is 11.1 Å². The normalized spacial score (nSPS) is 12.2. The number of rotatable bonds is 2. The molecule has 0 aliphatic heterocycles. The first-order chi connectivity index (χ1) is 6.24. The Hall–Kier alpha value is -1.77. The van der Waals surface area contributed by atoms with Crippen LogP contribution in [0.15, 0.2) is 35.5 Å². The lowest BCUT2D eigenvalue weighted by Gasteiger charge is -1.97. The van der Waals surface area contributed by atoms with Gasteiger partial charge in [-0.15, -0.1) is 0 Å². The standard InChI is InChI=1S/C10H12N2O/c1-8-4-2-3-5-9(8)6-7-10(11)12-13/h2-7,13H,1H3,(H2,11,12)/b7-6+. The molecule has 1 aromatic carbocycles. The van der Waals surface area contributed by atoms with Crippen LogP contribution in [0.25, 0.3) is 6.08 Å². The molecule has 0 spiro atoms. The minimum atomic E-state index is 0.100. The van der Waals surface area contributed by atoms with Crippen LogP contribution in [0.1, 0.15) is 11.1 Å². The van der Waals surface area contributed by atoms with E-state index >= 15 is 0 Å². The molecule has 0 aliphatic rings. The SMILES string of the molecule is Cc1ccccc1/C=C/C(N)=N/O. The van der Waals surface area contributed by atoms with Gasteiger partial charge in [-0.3, -0.25) is 0 Å². The number of nitrogens with two attached hydrogens (primary N) is 1. The van der Waals surface area contributed by atoms with Gasteiger partial charge in [-0.05, 0) is 24.1 Å². The summed E-state index contributed by atoms with van der Waals surface area (Å²) in [5.41, 5.74) is 7.50. The van der Waals surface area contributed by atoms with E-state index in [1.165, 1.54) is 0 Å². The Morgan fingerprint density at radius 2 is 2.15 bits per heavy atom. The predicted molar refractivity (Wildman–Crippen MR) is 53.6 cm³/mol. The Bertz CT molecular complexity index is 343. The van der Waals surface area contributed by atoms with Crippen LogP contribution in [0.2, 0.25) is 0 Å². The van der Waals surface area contributed by atoms with Gasteiger partial charge in [-0.25, -0.2) is 0 Å². The van der Waals surface area contributed by atoms with E-state index in [2.05, 4.69) is 5.16 Å². The third kappa shape index (κ3) is 2.63. The number of oxime groups is 1. The van der Waals surface area contributed by atoms with Crippen LogP contribution in [0.5, 0.6) is 0 Å². The molecule has 1 rings (SSSR count). The first-order valence-corrected chi connectivity index (χ1v) is 3.95. The molecular weight excluding hydrogens is 164 g/mol. The molecule has 68 valence electrons. The molecule has 0 atom stereocenters. The van der Waals surface area contributed by atoms with E-state index in [0.29, 0.717) is 0 Å². The highest BCUT2D eigenvalue weighted by atomic mass is 16.4. The summed E-state index contributed by atoms with van der Waals surface area (Å²) >= 11 is 0. The number of aryl methyl sites for hydroxylation is 1. The van der Waals surface area contributed by atoms with E-state index in [1.54, 1.807) is 6.08 Å². The van der Waals surface area contributed by atoms with Gasteiger partial charge >= 0.3 is 0 Å². The Balaban J connectivity index is 2.86. The summed E-state index contributed by atoms with van der Waals surface area (Å²) in [4.78, 5) is 0. The highest BCUT2D eigenvalue weighted by Crippen LogP contribution is 2.08. The van der Waals surface area contributed by atoms with Crippen molar-refractivity contribution in [3.63, 3.8) is 0 Å². The van der Waals surface area contributed by atoms with Crippen LogP contribution < -0.4 is 5.73 Å². The molecule has 1 aromatic rings. The molecule has 0 bridgehead atoms. The quantitative estimate of drug-likeness (QED) is 0.312. The molecule has 3 N–H and O–H groups in total. The third-order valence-corrected chi connectivity index (χ3v) is 1.74. The van der Waals surface area contributed by atoms with Crippen LogP contribution in [0.3, 0.4) is 0 Å². The molecule has 3 heteroatoms. The zero-order valence-electron chi connectivity index (χ0n) is 7.44. The van der Waals surface area contributed by atoms with E-state index < -0.39 is 0 Å². The average Bonchev–Trinajstić information content (AvgIpc) is 2.16. The number of amidine groups is 1. The minimum Gasteiger partial charge on any atom is -0.409 e. The smallest absolute Gasteiger partial charge is 0.162 e. The van der Waals surface area contributed by atoms with E-state index in [-0.39, 0.29) is 5.84 Å². The number of benzene rings is 1. The van der Waals surface area contributed by atoms with Crippen molar-refractivity contribution < 1.29 is 5.21 Å². The highest BCUT2D eigenvalue weighted by Gasteiger charge is 1.90. The fourth-order valence-electron chi connectivity index (χ4n) is 0.982. The van der Waals surface area contributed by atoms with Crippen molar-refractivity contribution in [2.75, 3.05) is 0 Å². The molecule has 0 saturated heterocycles. The van der Waals surface area contributed by atoms with Gasteiger partial charge in [0.05, 0.1) is 0 Å². The topological polar surface area (TPSA) is 58.6 Å². The van der Waals surface area contributed by atoms with Gasteiger partial charge in [0.25, 0.3) is 0 Å². The monoisotopic (exact) mass is 176 g/mol. The molecule has 0 fully saturated rings. The number of nitrogens with zero attached hydrogens (tertiary/aromatic N) is 1. The summed E-state index contributed by atoms with van der Waals surface area (Å²) < 4.78 is 0. The van der Waals surface area contributed by atoms with Crippen LogP contribution in [0.4, 0.5) is 0 Å². The summed E-state index contributed by atoms with van der Waals surface area (Å²) in [7, 11) is 0. The largest absolute Gasteiger partial charge is 0.409 e. The number of hydrogen-bond donors (Lipinski definition) is 2. The van der Waals surface area contributed by atoms with E-state index in [9.17, 15) is 0 Å². The molecule has 0 unspecified atom stereocenters. The van der Waals surface area contributed by atoms with Gasteiger partial charge in [0, 0.05) is 0 Å². The summed E-state index contributed by atoms with van der Waals surface area (Å²) in [6.07, 6.45) is 3.37. The van der Waals surface area contributed by atoms with Crippen molar-refractivity contribution in [2.45, 2.75) is 6.92 Å². The van der Waals surface area contributed by atoms with Crippen molar-refractivity contribution in [3.05, 3.63) is 41.5 Å². The lowest BCUT2D eigenvalue weighted by molar-refractivity contribution is 0.319. The van der Waals surface area contributed by atoms with E-state index in [1.807, 2.05) is 37.3 Å². The zero-order chi connectivity index (χ0) is 9.68. The maximum Gasteiger partial charge on any atom is 0.162 e. The summed E-state index contributed by atoms with van der Waals surface area (Å²) in [6.45, 7) is 2.01. The van der Waals surface area contributed by atoms with Crippen LogP contribution in [0, 0.1) is 6.92 Å². The van der Waals surface area contributed by atoms with Crippen LogP contribution in [-0.2, 0) is 0 Å². The molecule has 0 heterocycles. The van der Waals surface area contributed by atoms with Crippen molar-refractivity contribution in [1.29, 1.82) is 0 Å². The lowest BCUT2D eigenvalue weighted by Crippen LogP contribution is -2.06. The van der Waals surface area contributed by atoms with Gasteiger partial charge < -0.3 is 10.9 Å². The number of hydrogen-bond acceptors (Lipinski definition) is 2. The second-order valence-electron chi connectivity index (χ2n) is 2.71. The van der Waals surface area contributed by atoms with Gasteiger partial charge in [-0.2, -0.15) is 0 Å². The Morgan fingerprint density at radius 1 is 1.46 bits per heavy atom. The van der Waals surface area contributed by atoms with Crippen molar-refractivity contribution >= 4 is 11.9 Å². The van der Waals surface area contributed by atoms with Crippen molar-refractivity contribution in [1.82, 2.24) is 0 Å². The average molecular weight is 176 g/mol. The molecule has 0 amide bonds. The second kappa shape index (κ2) is 4.30. The maximum absolute atomic E-state index is 8.29. The summed E-state index contributed by atoms with van der Waals surface area (Å²) in [5.74, 6) is 0.100. The van der Waals surface area contributed by atoms with Crippen LogP contribution in [-0.4, -0.2) is 11.0 Å². The maximum atomic E-state index is 8.29. The Kier molecular flexibility index (Phi) is 3.09. The van der Waals surface area contributed by atoms with Gasteiger partial charge in [-0.1, -0.05) is 35.5 Å². The first kappa shape index (κ1) is 9.32. The lowest BCUT2D eigenvalue weighted by atomic mass is 10.1. The first-order valence-electron chi connectivity index (χ1n) is 3.95. The second-order valence-corrected chi connectivity index (χ2v) is 2.71. The van der Waals surface area contributed by atoms with Gasteiger partial charge in [0.1, 0.15) is 0 Å². The molecule has 0 radical (unpaired) electrons. The Morgan fingerprint density at radius 3 is 2.77 bits per heavy atom. The third-order valence-electron chi connectivity index (χ3n) is 1.74. The molecule has 0 aliphatic carbocycles.